The molecule has 0 radical (unpaired) electrons. The van der Waals surface area contributed by atoms with Crippen molar-refractivity contribution in [3.63, 3.8) is 0 Å². The predicted octanol–water partition coefficient (Wildman–Crippen LogP) is 11.7. The zero-order chi connectivity index (χ0) is 42.6. The molecule has 60 heavy (non-hydrogen) atoms. The highest BCUT2D eigenvalue weighted by Gasteiger charge is 2.18. The topological polar surface area (TPSA) is 94.9 Å². The minimum Gasteiger partial charge on any atom is -0.508 e. The second kappa shape index (κ2) is 20.8. The van der Waals surface area contributed by atoms with Crippen molar-refractivity contribution in [2.45, 2.75) is 73.1 Å². The quantitative estimate of drug-likeness (QED) is 0.0702. The molecule has 0 saturated carbocycles. The Labute approximate surface area is 356 Å². The van der Waals surface area contributed by atoms with Crippen LogP contribution in [-0.2, 0) is 26.2 Å². The van der Waals surface area contributed by atoms with Gasteiger partial charge in [0, 0.05) is 48.4 Å². The van der Waals surface area contributed by atoms with Crippen LogP contribution in [0.3, 0.4) is 0 Å². The van der Waals surface area contributed by atoms with E-state index >= 15 is 0 Å². The van der Waals surface area contributed by atoms with Crippen molar-refractivity contribution in [3.8, 4) is 67.9 Å². The fourth-order valence-electron chi connectivity index (χ4n) is 7.36. The van der Waals surface area contributed by atoms with Gasteiger partial charge in [-0.05, 0) is 152 Å². The number of phenols is 3. The highest BCUT2D eigenvalue weighted by atomic mass is 16.5. The maximum Gasteiger partial charge on any atom is 0.124 e. The van der Waals surface area contributed by atoms with Gasteiger partial charge in [0.1, 0.15) is 34.5 Å². The van der Waals surface area contributed by atoms with Gasteiger partial charge >= 0.3 is 0 Å². The Morgan fingerprint density at radius 2 is 0.733 bits per heavy atom. The summed E-state index contributed by atoms with van der Waals surface area (Å²) in [7, 11) is 3.99. The highest BCUT2D eigenvalue weighted by Crippen LogP contribution is 2.36. The van der Waals surface area contributed by atoms with Crippen LogP contribution in [-0.4, -0.2) is 59.0 Å². The van der Waals surface area contributed by atoms with E-state index in [4.69, 9.17) is 14.2 Å². The van der Waals surface area contributed by atoms with Gasteiger partial charge in [-0.15, -0.1) is 0 Å². The average Bonchev–Trinajstić information content (AvgIpc) is 3.25. The van der Waals surface area contributed by atoms with Crippen LogP contribution in [0, 0.1) is 6.92 Å². The van der Waals surface area contributed by atoms with Crippen LogP contribution in [0.5, 0.6) is 34.5 Å². The first kappa shape index (κ1) is 43.6. The smallest absolute Gasteiger partial charge is 0.124 e. The van der Waals surface area contributed by atoms with Gasteiger partial charge in [-0.3, -0.25) is 9.80 Å². The second-order valence-electron chi connectivity index (χ2n) is 15.8. The number of nitrogens with zero attached hydrogens (tertiary/aromatic N) is 2. The summed E-state index contributed by atoms with van der Waals surface area (Å²) in [6.07, 6.45) is 2.83. The van der Waals surface area contributed by atoms with Crippen LogP contribution in [0.25, 0.3) is 33.4 Å². The molecule has 8 nitrogen and oxygen atoms in total. The first-order valence-electron chi connectivity index (χ1n) is 21.1. The van der Waals surface area contributed by atoms with E-state index in [1.165, 1.54) is 0 Å². The van der Waals surface area contributed by atoms with E-state index in [2.05, 4.69) is 60.9 Å². The molecule has 0 fully saturated rings. The molecule has 8 heteroatoms. The number of phenolic OH excluding ortho intramolecular Hbond substituents is 3. The third kappa shape index (κ3) is 11.4. The molecule has 0 amide bonds. The summed E-state index contributed by atoms with van der Waals surface area (Å²) in [6.45, 7) is 12.0. The molecular formula is C52H60N2O6. The van der Waals surface area contributed by atoms with Gasteiger partial charge in [-0.25, -0.2) is 0 Å². The summed E-state index contributed by atoms with van der Waals surface area (Å²) in [6, 6.07) is 38.0. The lowest BCUT2D eigenvalue weighted by Crippen LogP contribution is -2.20. The van der Waals surface area contributed by atoms with Crippen LogP contribution in [0.1, 0.15) is 67.9 Å². The Balaban J connectivity index is 1.25. The van der Waals surface area contributed by atoms with Crippen LogP contribution in [0.4, 0.5) is 0 Å². The minimum absolute atomic E-state index is 0.222. The van der Waals surface area contributed by atoms with E-state index in [0.29, 0.717) is 46.0 Å². The van der Waals surface area contributed by atoms with Crippen molar-refractivity contribution in [1.82, 2.24) is 9.80 Å². The number of rotatable bonds is 20. The van der Waals surface area contributed by atoms with Crippen molar-refractivity contribution in [2.75, 3.05) is 33.9 Å². The van der Waals surface area contributed by atoms with Gasteiger partial charge in [0.15, 0.2) is 0 Å². The summed E-state index contributed by atoms with van der Waals surface area (Å²) in [5, 5.41) is 34.1. The van der Waals surface area contributed by atoms with E-state index in [-0.39, 0.29) is 17.2 Å². The van der Waals surface area contributed by atoms with E-state index in [0.717, 1.165) is 97.7 Å². The lowest BCUT2D eigenvalue weighted by molar-refractivity contribution is 0.297. The van der Waals surface area contributed by atoms with Crippen LogP contribution in [0.2, 0.25) is 0 Å². The van der Waals surface area contributed by atoms with Crippen molar-refractivity contribution in [3.05, 3.63) is 143 Å². The normalized spacial score (nSPS) is 11.3. The molecular weight excluding hydrogens is 749 g/mol. The first-order valence-corrected chi connectivity index (χ1v) is 21.1. The summed E-state index contributed by atoms with van der Waals surface area (Å²) < 4.78 is 17.4. The molecule has 0 atom stereocenters. The van der Waals surface area contributed by atoms with E-state index in [1.807, 2.05) is 99.9 Å². The maximum absolute atomic E-state index is 11.9. The third-order valence-electron chi connectivity index (χ3n) is 10.5. The Kier molecular flexibility index (Phi) is 15.1. The maximum atomic E-state index is 11.9. The summed E-state index contributed by atoms with van der Waals surface area (Å²) >= 11 is 0. The number of aryl methyl sites for hydroxylation is 1. The Morgan fingerprint density at radius 3 is 1.15 bits per heavy atom. The highest BCUT2D eigenvalue weighted by molar-refractivity contribution is 5.70. The minimum atomic E-state index is 0.222. The molecule has 6 aromatic carbocycles. The van der Waals surface area contributed by atoms with Gasteiger partial charge in [-0.1, -0.05) is 63.2 Å². The molecule has 0 aliphatic carbocycles. The van der Waals surface area contributed by atoms with Gasteiger partial charge < -0.3 is 29.5 Å². The molecule has 3 N–H and O–H groups in total. The predicted molar refractivity (Wildman–Crippen MR) is 243 cm³/mol. The van der Waals surface area contributed by atoms with Gasteiger partial charge in [0.2, 0.25) is 0 Å². The van der Waals surface area contributed by atoms with Crippen LogP contribution >= 0.6 is 0 Å². The second-order valence-corrected chi connectivity index (χ2v) is 15.8. The van der Waals surface area contributed by atoms with E-state index < -0.39 is 0 Å². The zero-order valence-corrected chi connectivity index (χ0v) is 36.0. The molecule has 0 saturated heterocycles. The number of benzene rings is 6. The fourth-order valence-corrected chi connectivity index (χ4v) is 7.36. The molecule has 314 valence electrons. The fraction of sp³-hybridized carbons (Fsp3) is 0.308. The van der Waals surface area contributed by atoms with Crippen LogP contribution < -0.4 is 14.2 Å². The Morgan fingerprint density at radius 1 is 0.400 bits per heavy atom. The number of hydrogen-bond acceptors (Lipinski definition) is 8. The van der Waals surface area contributed by atoms with Crippen LogP contribution in [0.15, 0.2) is 115 Å². The Bertz CT molecular complexity index is 2310. The summed E-state index contributed by atoms with van der Waals surface area (Å²) in [5.41, 5.74) is 10.0. The zero-order valence-electron chi connectivity index (χ0n) is 36.0. The number of hydrogen-bond donors (Lipinski definition) is 3. The monoisotopic (exact) mass is 808 g/mol. The Hall–Kier alpha value is -5.96. The number of aromatic hydroxyl groups is 3. The van der Waals surface area contributed by atoms with Crippen molar-refractivity contribution >= 4 is 0 Å². The SMILES string of the molecule is CCCOc1ccc(-c2ccc(O)c(CN(C)Cc3cc(-c4ccc(OCCC)cc4)cc(CN(C)Cc4cc(-c5ccc(OCCC)cc5)cc(C)c4O)c3O)c2)cc1. The summed E-state index contributed by atoms with van der Waals surface area (Å²) in [4.78, 5) is 4.21. The molecule has 0 heterocycles. The van der Waals surface area contributed by atoms with Crippen molar-refractivity contribution < 1.29 is 29.5 Å². The lowest BCUT2D eigenvalue weighted by atomic mass is 9.97. The first-order chi connectivity index (χ1) is 29.0. The third-order valence-corrected chi connectivity index (χ3v) is 10.5. The number of ether oxygens (including phenoxy) is 3. The van der Waals surface area contributed by atoms with Crippen molar-refractivity contribution in [1.29, 1.82) is 0 Å². The van der Waals surface area contributed by atoms with Gasteiger partial charge in [0.05, 0.1) is 19.8 Å². The average molecular weight is 809 g/mol. The van der Waals surface area contributed by atoms with Crippen molar-refractivity contribution in [2.24, 2.45) is 0 Å². The largest absolute Gasteiger partial charge is 0.508 e. The molecule has 0 aliphatic heterocycles. The molecule has 0 aliphatic rings. The lowest BCUT2D eigenvalue weighted by Gasteiger charge is -2.23. The standard InChI is InChI=1S/C52H60N2O6/c1-7-24-58-47-17-10-37(11-18-47)40-16-23-50(55)43(28-40)32-53(5)34-45-30-42(39-14-21-49(22-15-39)60-26-9-3)31-46(52(45)57)35-54(6)33-44-29-41(27-36(4)51(44)56)38-12-19-48(20-13-38)59-25-8-2/h10-23,27-31,55-57H,7-9,24-26,32-35H2,1-6H3. The molecule has 0 aromatic heterocycles. The van der Waals surface area contributed by atoms with E-state index in [9.17, 15) is 15.3 Å². The molecule has 0 spiro atoms. The molecule has 6 rings (SSSR count). The summed E-state index contributed by atoms with van der Waals surface area (Å²) in [5.74, 6) is 3.21. The van der Waals surface area contributed by atoms with Gasteiger partial charge in [-0.2, -0.15) is 0 Å². The molecule has 6 aromatic rings. The van der Waals surface area contributed by atoms with Gasteiger partial charge in [0.25, 0.3) is 0 Å². The molecule has 0 bridgehead atoms. The molecule has 0 unspecified atom stereocenters. The van der Waals surface area contributed by atoms with E-state index in [1.54, 1.807) is 6.07 Å².